The molecule has 0 saturated carbocycles. The minimum atomic E-state index is -4.61. The molecule has 1 saturated heterocycles. The van der Waals surface area contributed by atoms with Crippen molar-refractivity contribution < 1.29 is 26.4 Å². The third-order valence-electron chi connectivity index (χ3n) is 5.28. The van der Waals surface area contributed by atoms with Crippen LogP contribution in [0.1, 0.15) is 42.9 Å². The molecule has 0 spiro atoms. The van der Waals surface area contributed by atoms with Gasteiger partial charge in [-0.15, -0.1) is 0 Å². The number of rotatable bonds is 7. The van der Waals surface area contributed by atoms with Crippen molar-refractivity contribution in [1.29, 1.82) is 0 Å². The molecule has 5 nitrogen and oxygen atoms in total. The number of alkyl halides is 3. The number of nitrogens with one attached hydrogen (secondary N) is 1. The molecule has 0 bridgehead atoms. The lowest BCUT2D eigenvalue weighted by Gasteiger charge is -2.25. The molecule has 1 atom stereocenters. The molecule has 31 heavy (non-hydrogen) atoms. The Morgan fingerprint density at radius 1 is 0.968 bits per heavy atom. The Kier molecular flexibility index (Phi) is 7.38. The fourth-order valence-electron chi connectivity index (χ4n) is 3.57. The van der Waals surface area contributed by atoms with Crippen LogP contribution in [0, 0.1) is 0 Å². The number of hydrogen-bond donors (Lipinski definition) is 1. The SMILES string of the molecule is O=C(CCc1ccc(S(=O)(=O)N2CCCCC2)cc1)NC(c1ccccc1)C(F)(F)F. The van der Waals surface area contributed by atoms with Gasteiger partial charge in [-0.1, -0.05) is 48.9 Å². The number of carbonyl (C=O) groups excluding carboxylic acids is 1. The standard InChI is InChI=1S/C22H25F3N2O3S/c23-22(24,25)21(18-7-3-1-4-8-18)26-20(28)14-11-17-9-12-19(13-10-17)31(29,30)27-15-5-2-6-16-27/h1,3-4,7-10,12-13,21H,2,5-6,11,14-16H2,(H,26,28). The summed E-state index contributed by atoms with van der Waals surface area (Å²) in [6.45, 7) is 1.01. The van der Waals surface area contributed by atoms with Crippen LogP contribution in [0.2, 0.25) is 0 Å². The van der Waals surface area contributed by atoms with E-state index in [0.29, 0.717) is 18.7 Å². The lowest BCUT2D eigenvalue weighted by atomic mass is 10.1. The van der Waals surface area contributed by atoms with Gasteiger partial charge in [0.2, 0.25) is 15.9 Å². The van der Waals surface area contributed by atoms with Gasteiger partial charge in [-0.05, 0) is 42.5 Å². The Hall–Kier alpha value is -2.39. The lowest BCUT2D eigenvalue weighted by Crippen LogP contribution is -2.38. The van der Waals surface area contributed by atoms with Crippen LogP contribution >= 0.6 is 0 Å². The minimum absolute atomic E-state index is 0.0318. The fourth-order valence-corrected chi connectivity index (χ4v) is 5.09. The fraction of sp³-hybridized carbons (Fsp3) is 0.409. The van der Waals surface area contributed by atoms with Crippen molar-refractivity contribution in [3.8, 4) is 0 Å². The molecule has 3 rings (SSSR count). The first kappa shape index (κ1) is 23.3. The van der Waals surface area contributed by atoms with Crippen LogP contribution in [0.3, 0.4) is 0 Å². The van der Waals surface area contributed by atoms with Gasteiger partial charge in [-0.2, -0.15) is 17.5 Å². The molecule has 2 aromatic carbocycles. The van der Waals surface area contributed by atoms with E-state index in [-0.39, 0.29) is 23.3 Å². The second-order valence-electron chi connectivity index (χ2n) is 7.56. The van der Waals surface area contributed by atoms with E-state index in [9.17, 15) is 26.4 Å². The summed E-state index contributed by atoms with van der Waals surface area (Å²) in [5.41, 5.74) is 0.645. The summed E-state index contributed by atoms with van der Waals surface area (Å²) in [5, 5.41) is 2.06. The van der Waals surface area contributed by atoms with E-state index in [1.807, 2.05) is 0 Å². The molecule has 1 aliphatic rings. The molecule has 1 heterocycles. The molecule has 1 aliphatic heterocycles. The van der Waals surface area contributed by atoms with Gasteiger partial charge in [0.1, 0.15) is 0 Å². The Morgan fingerprint density at radius 3 is 2.16 bits per heavy atom. The van der Waals surface area contributed by atoms with Gasteiger partial charge >= 0.3 is 6.18 Å². The zero-order valence-corrected chi connectivity index (χ0v) is 17.8. The zero-order valence-electron chi connectivity index (χ0n) is 16.9. The third kappa shape index (κ3) is 6.07. The Bertz CT molecular complexity index is 971. The molecule has 2 aromatic rings. The van der Waals surface area contributed by atoms with Crippen LogP contribution in [-0.2, 0) is 21.2 Å². The summed E-state index contributed by atoms with van der Waals surface area (Å²) in [6, 6.07) is 11.3. The highest BCUT2D eigenvalue weighted by Crippen LogP contribution is 2.32. The van der Waals surface area contributed by atoms with Crippen molar-refractivity contribution in [3.63, 3.8) is 0 Å². The molecule has 1 unspecified atom stereocenters. The van der Waals surface area contributed by atoms with Crippen LogP contribution in [0.4, 0.5) is 13.2 Å². The maximum Gasteiger partial charge on any atom is 0.412 e. The van der Waals surface area contributed by atoms with Crippen LogP contribution < -0.4 is 5.32 Å². The molecule has 9 heteroatoms. The summed E-state index contributed by atoms with van der Waals surface area (Å²) < 4.78 is 66.9. The van der Waals surface area contributed by atoms with Crippen molar-refractivity contribution in [2.75, 3.05) is 13.1 Å². The molecular formula is C22H25F3N2O3S. The van der Waals surface area contributed by atoms with Gasteiger partial charge in [0.05, 0.1) is 4.90 Å². The number of amides is 1. The van der Waals surface area contributed by atoms with Crippen molar-refractivity contribution in [3.05, 3.63) is 65.7 Å². The van der Waals surface area contributed by atoms with Crippen molar-refractivity contribution in [1.82, 2.24) is 9.62 Å². The number of sulfonamides is 1. The Labute approximate surface area is 180 Å². The van der Waals surface area contributed by atoms with Crippen molar-refractivity contribution in [2.45, 2.75) is 49.2 Å². The maximum absolute atomic E-state index is 13.4. The van der Waals surface area contributed by atoms with Gasteiger partial charge in [-0.3, -0.25) is 4.79 Å². The molecule has 0 radical (unpaired) electrons. The number of halogens is 3. The molecule has 1 amide bonds. The van der Waals surface area contributed by atoms with Crippen molar-refractivity contribution >= 4 is 15.9 Å². The second-order valence-corrected chi connectivity index (χ2v) is 9.50. The number of benzene rings is 2. The molecule has 0 aliphatic carbocycles. The second kappa shape index (κ2) is 9.82. The first-order valence-corrected chi connectivity index (χ1v) is 11.6. The number of hydrogen-bond acceptors (Lipinski definition) is 3. The van der Waals surface area contributed by atoms with Gasteiger partial charge < -0.3 is 5.32 Å². The number of nitrogens with zero attached hydrogens (tertiary/aromatic N) is 1. The molecule has 1 fully saturated rings. The maximum atomic E-state index is 13.4. The highest BCUT2D eigenvalue weighted by atomic mass is 32.2. The molecular weight excluding hydrogens is 429 g/mol. The van der Waals surface area contributed by atoms with Crippen LogP contribution in [0.5, 0.6) is 0 Å². The summed E-state index contributed by atoms with van der Waals surface area (Å²) >= 11 is 0. The first-order valence-electron chi connectivity index (χ1n) is 10.2. The van der Waals surface area contributed by atoms with Crippen LogP contribution in [0.15, 0.2) is 59.5 Å². The lowest BCUT2D eigenvalue weighted by molar-refractivity contribution is -0.163. The summed E-state index contributed by atoms with van der Waals surface area (Å²) in [4.78, 5) is 12.3. The summed E-state index contributed by atoms with van der Waals surface area (Å²) in [6.07, 6.45) is -1.84. The van der Waals surface area contributed by atoms with Crippen LogP contribution in [-0.4, -0.2) is 37.9 Å². The number of aryl methyl sites for hydroxylation is 1. The van der Waals surface area contributed by atoms with Gasteiger partial charge in [-0.25, -0.2) is 8.42 Å². The van der Waals surface area contributed by atoms with Crippen molar-refractivity contribution in [2.24, 2.45) is 0 Å². The van der Waals surface area contributed by atoms with E-state index in [1.165, 1.54) is 40.7 Å². The van der Waals surface area contributed by atoms with Gasteiger partial charge in [0, 0.05) is 19.5 Å². The minimum Gasteiger partial charge on any atom is -0.341 e. The highest BCUT2D eigenvalue weighted by Gasteiger charge is 2.41. The van der Waals surface area contributed by atoms with Gasteiger partial charge in [0.25, 0.3) is 0 Å². The summed E-state index contributed by atoms with van der Waals surface area (Å²) in [5.74, 6) is -0.726. The van der Waals surface area contributed by atoms with E-state index in [1.54, 1.807) is 18.2 Å². The molecule has 1 N–H and O–H groups in total. The van der Waals surface area contributed by atoms with E-state index in [2.05, 4.69) is 5.32 Å². The number of piperidine rings is 1. The Morgan fingerprint density at radius 2 is 1.58 bits per heavy atom. The third-order valence-corrected chi connectivity index (χ3v) is 7.20. The topological polar surface area (TPSA) is 66.5 Å². The highest BCUT2D eigenvalue weighted by molar-refractivity contribution is 7.89. The van der Waals surface area contributed by atoms with Gasteiger partial charge in [0.15, 0.2) is 6.04 Å². The van der Waals surface area contributed by atoms with E-state index >= 15 is 0 Å². The Balaban J connectivity index is 1.60. The number of carbonyl (C=O) groups is 1. The smallest absolute Gasteiger partial charge is 0.341 e. The predicted molar refractivity (Wildman–Crippen MR) is 111 cm³/mol. The van der Waals surface area contributed by atoms with Crippen LogP contribution in [0.25, 0.3) is 0 Å². The quantitative estimate of drug-likeness (QED) is 0.682. The zero-order chi connectivity index (χ0) is 22.5. The largest absolute Gasteiger partial charge is 0.412 e. The van der Waals surface area contributed by atoms with E-state index in [4.69, 9.17) is 0 Å². The summed E-state index contributed by atoms with van der Waals surface area (Å²) in [7, 11) is -3.54. The molecule has 0 aromatic heterocycles. The normalized spacial score (nSPS) is 16.6. The average Bonchev–Trinajstić information content (AvgIpc) is 2.77. The average molecular weight is 455 g/mol. The first-order chi connectivity index (χ1) is 14.7. The predicted octanol–water partition coefficient (Wildman–Crippen LogP) is 4.21. The van der Waals surface area contributed by atoms with E-state index < -0.39 is 28.1 Å². The van der Waals surface area contributed by atoms with E-state index in [0.717, 1.165) is 19.3 Å². The molecule has 168 valence electrons. The monoisotopic (exact) mass is 454 g/mol.